The highest BCUT2D eigenvalue weighted by molar-refractivity contribution is 6.33. The molecule has 1 atom stereocenters. The molecule has 10 heteroatoms. The van der Waals surface area contributed by atoms with Crippen LogP contribution in [0.1, 0.15) is 27.8 Å². The highest BCUT2D eigenvalue weighted by Crippen LogP contribution is 2.24. The lowest BCUT2D eigenvalue weighted by Gasteiger charge is -2.32. The molecule has 1 fully saturated rings. The van der Waals surface area contributed by atoms with Crippen LogP contribution in [0.4, 0.5) is 5.95 Å². The van der Waals surface area contributed by atoms with Crippen molar-refractivity contribution >= 4 is 34.2 Å². The lowest BCUT2D eigenvalue weighted by molar-refractivity contribution is 0.0971. The normalized spacial score (nSPS) is 15.6. The van der Waals surface area contributed by atoms with Crippen LogP contribution in [0.15, 0.2) is 29.2 Å². The lowest BCUT2D eigenvalue weighted by atomic mass is 10.0. The Hall–Kier alpha value is -3.35. The molecular weight excluding hydrogens is 418 g/mol. The number of ketones is 1. The van der Waals surface area contributed by atoms with Crippen LogP contribution < -0.4 is 10.5 Å². The van der Waals surface area contributed by atoms with Gasteiger partial charge in [0.1, 0.15) is 11.5 Å². The Labute approximate surface area is 183 Å². The van der Waals surface area contributed by atoms with Crippen LogP contribution in [-0.4, -0.2) is 63.8 Å². The number of hydrogen-bond donors (Lipinski definition) is 1. The molecular formula is C21H20ClN7O2. The Balaban J connectivity index is 1.70. The minimum absolute atomic E-state index is 0.0373. The van der Waals surface area contributed by atoms with Crippen LogP contribution in [0.5, 0.6) is 0 Å². The molecule has 31 heavy (non-hydrogen) atoms. The first-order chi connectivity index (χ1) is 14.9. The van der Waals surface area contributed by atoms with Gasteiger partial charge in [0.05, 0.1) is 28.2 Å². The molecule has 0 aliphatic carbocycles. The fourth-order valence-electron chi connectivity index (χ4n) is 3.48. The largest absolute Gasteiger partial charge is 0.338 e. The standard InChI is InChI=1S/C21H20ClN7O2/c1-12-3-4-16-13(9-12)20(31)27-19(25-16)14(10-23)18(30)17-15(22)11-24-21(26-17)29-7-5-28(2)6-8-29/h3-4,9,11,14H,5-8H2,1-2H3,(H,25,27,31)/t14-/m0/s1. The number of piperazine rings is 1. The van der Waals surface area contributed by atoms with Crippen molar-refractivity contribution in [1.82, 2.24) is 24.8 Å². The van der Waals surface area contributed by atoms with Crippen molar-refractivity contribution in [2.75, 3.05) is 38.1 Å². The number of H-pyrrole nitrogens is 1. The SMILES string of the molecule is Cc1ccc2nc([C@@H](C#N)C(=O)c3nc(N4CCN(C)CC4)ncc3Cl)[nH]c(=O)c2c1. The number of hydrogen-bond acceptors (Lipinski definition) is 8. The zero-order chi connectivity index (χ0) is 22.1. The maximum atomic E-state index is 13.2. The van der Waals surface area contributed by atoms with Crippen LogP contribution in [0.3, 0.4) is 0 Å². The number of aryl methyl sites for hydroxylation is 1. The molecule has 158 valence electrons. The number of benzene rings is 1. The zero-order valence-electron chi connectivity index (χ0n) is 17.1. The van der Waals surface area contributed by atoms with Gasteiger partial charge in [-0.05, 0) is 26.1 Å². The van der Waals surface area contributed by atoms with Gasteiger partial charge in [-0.1, -0.05) is 23.2 Å². The number of nitrogens with one attached hydrogen (secondary N) is 1. The van der Waals surface area contributed by atoms with E-state index in [0.29, 0.717) is 29.9 Å². The van der Waals surface area contributed by atoms with E-state index in [-0.39, 0.29) is 16.5 Å². The highest BCUT2D eigenvalue weighted by atomic mass is 35.5. The van der Waals surface area contributed by atoms with Gasteiger partial charge in [-0.25, -0.2) is 15.0 Å². The second-order valence-corrected chi connectivity index (χ2v) is 7.96. The fraction of sp³-hybridized carbons (Fsp3) is 0.333. The molecule has 9 nitrogen and oxygen atoms in total. The summed E-state index contributed by atoms with van der Waals surface area (Å²) in [5, 5.41) is 10.2. The van der Waals surface area contributed by atoms with E-state index in [1.807, 2.05) is 31.0 Å². The summed E-state index contributed by atoms with van der Waals surface area (Å²) in [6.45, 7) is 4.98. The summed E-state index contributed by atoms with van der Waals surface area (Å²) in [6, 6.07) is 7.13. The van der Waals surface area contributed by atoms with E-state index in [1.165, 1.54) is 6.20 Å². The molecule has 0 spiro atoms. The topological polar surface area (TPSA) is 119 Å². The van der Waals surface area contributed by atoms with Crippen LogP contribution in [0, 0.1) is 18.3 Å². The molecule has 0 saturated carbocycles. The molecule has 0 bridgehead atoms. The van der Waals surface area contributed by atoms with Gasteiger partial charge in [0.25, 0.3) is 5.56 Å². The molecule has 0 radical (unpaired) electrons. The molecule has 1 saturated heterocycles. The summed E-state index contributed by atoms with van der Waals surface area (Å²) >= 11 is 6.21. The monoisotopic (exact) mass is 437 g/mol. The zero-order valence-corrected chi connectivity index (χ0v) is 17.8. The number of halogens is 1. The minimum atomic E-state index is -1.36. The maximum absolute atomic E-state index is 13.2. The van der Waals surface area contributed by atoms with E-state index >= 15 is 0 Å². The Bertz CT molecular complexity index is 1260. The first-order valence-corrected chi connectivity index (χ1v) is 10.2. The number of carbonyl (C=O) groups excluding carboxylic acids is 1. The van der Waals surface area contributed by atoms with Gasteiger partial charge in [-0.3, -0.25) is 9.59 Å². The van der Waals surface area contributed by atoms with Crippen LogP contribution in [-0.2, 0) is 0 Å². The Morgan fingerprint density at radius 2 is 2.00 bits per heavy atom. The Morgan fingerprint density at radius 3 is 2.71 bits per heavy atom. The molecule has 1 aromatic carbocycles. The minimum Gasteiger partial charge on any atom is -0.338 e. The van der Waals surface area contributed by atoms with E-state index in [2.05, 4.69) is 24.8 Å². The summed E-state index contributed by atoms with van der Waals surface area (Å²) < 4.78 is 0. The fourth-order valence-corrected chi connectivity index (χ4v) is 3.66. The summed E-state index contributed by atoms with van der Waals surface area (Å²) in [7, 11) is 2.03. The number of nitrogens with zero attached hydrogens (tertiary/aromatic N) is 6. The lowest BCUT2D eigenvalue weighted by Crippen LogP contribution is -2.45. The molecule has 1 aliphatic heterocycles. The van der Waals surface area contributed by atoms with E-state index in [1.54, 1.807) is 12.1 Å². The number of rotatable bonds is 4. The predicted octanol–water partition coefficient (Wildman–Crippen LogP) is 1.92. The van der Waals surface area contributed by atoms with E-state index in [0.717, 1.165) is 18.7 Å². The van der Waals surface area contributed by atoms with Gasteiger partial charge >= 0.3 is 0 Å². The summed E-state index contributed by atoms with van der Waals surface area (Å²) in [5.41, 5.74) is 0.835. The van der Waals surface area contributed by atoms with Crippen molar-refractivity contribution in [2.24, 2.45) is 0 Å². The highest BCUT2D eigenvalue weighted by Gasteiger charge is 2.29. The number of Topliss-reactive ketones (excluding diaryl/α,β-unsaturated/α-hetero) is 1. The van der Waals surface area contributed by atoms with Crippen molar-refractivity contribution < 1.29 is 4.79 Å². The number of aromatic amines is 1. The van der Waals surface area contributed by atoms with Crippen LogP contribution in [0.25, 0.3) is 10.9 Å². The van der Waals surface area contributed by atoms with Gasteiger partial charge in [-0.15, -0.1) is 0 Å². The molecule has 0 unspecified atom stereocenters. The van der Waals surface area contributed by atoms with E-state index in [4.69, 9.17) is 11.6 Å². The summed E-state index contributed by atoms with van der Waals surface area (Å²) in [5.74, 6) is -1.65. The van der Waals surface area contributed by atoms with E-state index in [9.17, 15) is 14.9 Å². The summed E-state index contributed by atoms with van der Waals surface area (Å²) in [6.07, 6.45) is 1.36. The quantitative estimate of drug-likeness (QED) is 0.615. The van der Waals surface area contributed by atoms with Gasteiger partial charge in [0.2, 0.25) is 11.7 Å². The third-order valence-electron chi connectivity index (χ3n) is 5.29. The number of likely N-dealkylation sites (N-methyl/N-ethyl adjacent to an activating group) is 1. The summed E-state index contributed by atoms with van der Waals surface area (Å²) in [4.78, 5) is 45.4. The van der Waals surface area contributed by atoms with Crippen LogP contribution >= 0.6 is 11.6 Å². The number of anilines is 1. The molecule has 3 heterocycles. The Kier molecular flexibility index (Phi) is 5.67. The smallest absolute Gasteiger partial charge is 0.258 e. The van der Waals surface area contributed by atoms with Crippen molar-refractivity contribution in [1.29, 1.82) is 5.26 Å². The number of nitriles is 1. The van der Waals surface area contributed by atoms with Gasteiger partial charge in [0.15, 0.2) is 5.92 Å². The predicted molar refractivity (Wildman–Crippen MR) is 117 cm³/mol. The Morgan fingerprint density at radius 1 is 1.26 bits per heavy atom. The second-order valence-electron chi connectivity index (χ2n) is 7.56. The third-order valence-corrected chi connectivity index (χ3v) is 5.57. The maximum Gasteiger partial charge on any atom is 0.258 e. The molecule has 1 aliphatic rings. The number of carbonyl (C=O) groups is 1. The first-order valence-electron chi connectivity index (χ1n) is 9.78. The van der Waals surface area contributed by atoms with Gasteiger partial charge in [0, 0.05) is 26.2 Å². The molecule has 3 aromatic rings. The number of fused-ring (bicyclic) bond motifs is 1. The third kappa shape index (κ3) is 4.13. The van der Waals surface area contributed by atoms with Crippen molar-refractivity contribution in [2.45, 2.75) is 12.8 Å². The molecule has 4 rings (SSSR count). The molecule has 1 N–H and O–H groups in total. The van der Waals surface area contributed by atoms with Crippen molar-refractivity contribution in [3.63, 3.8) is 0 Å². The van der Waals surface area contributed by atoms with E-state index < -0.39 is 17.3 Å². The average Bonchev–Trinajstić information content (AvgIpc) is 2.76. The molecule has 2 aromatic heterocycles. The van der Waals surface area contributed by atoms with Crippen molar-refractivity contribution in [3.05, 3.63) is 56.9 Å². The first kappa shape index (κ1) is 20.9. The van der Waals surface area contributed by atoms with Crippen LogP contribution in [0.2, 0.25) is 5.02 Å². The van der Waals surface area contributed by atoms with Gasteiger partial charge in [-0.2, -0.15) is 5.26 Å². The van der Waals surface area contributed by atoms with Crippen molar-refractivity contribution in [3.8, 4) is 6.07 Å². The second kappa shape index (κ2) is 8.41. The molecule has 0 amide bonds. The van der Waals surface area contributed by atoms with Gasteiger partial charge < -0.3 is 14.8 Å². The average molecular weight is 438 g/mol. The number of aromatic nitrogens is 4.